The smallest absolute Gasteiger partial charge is 0.205 e. The van der Waals surface area contributed by atoms with Crippen LogP contribution in [0.3, 0.4) is 0 Å². The fraction of sp³-hybridized carbons (Fsp3) is 0.200. The molecule has 17 heavy (non-hydrogen) atoms. The third-order valence-electron chi connectivity index (χ3n) is 1.93. The molecule has 1 N–H and O–H groups in total. The largest absolute Gasteiger partial charge is 0.486 e. The molecule has 0 saturated carbocycles. The summed E-state index contributed by atoms with van der Waals surface area (Å²) < 4.78 is 19.0. The third-order valence-corrected chi connectivity index (χ3v) is 3.49. The van der Waals surface area contributed by atoms with Gasteiger partial charge in [0.15, 0.2) is 5.01 Å². The summed E-state index contributed by atoms with van der Waals surface area (Å²) in [5.74, 6) is 0.114. The average Bonchev–Trinajstić information content (AvgIpc) is 2.79. The number of halogens is 2. The maximum absolute atomic E-state index is 13.2. The van der Waals surface area contributed by atoms with Gasteiger partial charge < -0.3 is 10.1 Å². The Kier molecular flexibility index (Phi) is 3.90. The number of ether oxygens (including phenoxy) is 1. The van der Waals surface area contributed by atoms with E-state index < -0.39 is 0 Å². The molecular weight excluding hydrogens is 309 g/mol. The molecule has 0 aliphatic heterocycles. The molecule has 0 aliphatic rings. The van der Waals surface area contributed by atoms with Crippen LogP contribution in [0, 0.1) is 5.82 Å². The van der Waals surface area contributed by atoms with Gasteiger partial charge in [-0.15, -0.1) is 10.2 Å². The summed E-state index contributed by atoms with van der Waals surface area (Å²) in [6.45, 7) is 0.278. The number of hydrogen-bond acceptors (Lipinski definition) is 5. The molecule has 7 heteroatoms. The van der Waals surface area contributed by atoms with Crippen LogP contribution in [0.2, 0.25) is 0 Å². The van der Waals surface area contributed by atoms with Gasteiger partial charge >= 0.3 is 0 Å². The fourth-order valence-corrected chi connectivity index (χ4v) is 1.98. The molecule has 0 atom stereocenters. The lowest BCUT2D eigenvalue weighted by Gasteiger charge is -2.03. The van der Waals surface area contributed by atoms with Crippen molar-refractivity contribution in [1.29, 1.82) is 0 Å². The topological polar surface area (TPSA) is 47.0 Å². The number of anilines is 1. The van der Waals surface area contributed by atoms with Gasteiger partial charge in [0.2, 0.25) is 5.13 Å². The summed E-state index contributed by atoms with van der Waals surface area (Å²) in [5.41, 5.74) is 0. The van der Waals surface area contributed by atoms with Crippen LogP contribution < -0.4 is 10.1 Å². The lowest BCUT2D eigenvalue weighted by Crippen LogP contribution is -1.95. The second-order valence-corrected chi connectivity index (χ2v) is 5.03. The molecule has 1 aromatic heterocycles. The van der Waals surface area contributed by atoms with Crippen molar-refractivity contribution in [3.63, 3.8) is 0 Å². The van der Waals surface area contributed by atoms with Gasteiger partial charge in [0.25, 0.3) is 0 Å². The average molecular weight is 318 g/mol. The van der Waals surface area contributed by atoms with Crippen LogP contribution in [0.5, 0.6) is 5.75 Å². The van der Waals surface area contributed by atoms with Gasteiger partial charge in [-0.1, -0.05) is 11.3 Å². The SMILES string of the molecule is CNc1nnc(COc2ccc(Br)c(F)c2)s1. The van der Waals surface area contributed by atoms with Crippen molar-refractivity contribution in [2.45, 2.75) is 6.61 Å². The quantitative estimate of drug-likeness (QED) is 0.941. The summed E-state index contributed by atoms with van der Waals surface area (Å²) in [5, 5.41) is 12.1. The summed E-state index contributed by atoms with van der Waals surface area (Å²) in [7, 11) is 1.77. The van der Waals surface area contributed by atoms with Crippen LogP contribution in [0.4, 0.5) is 9.52 Å². The highest BCUT2D eigenvalue weighted by atomic mass is 79.9. The first-order valence-electron chi connectivity index (χ1n) is 4.77. The maximum atomic E-state index is 13.2. The number of rotatable bonds is 4. The zero-order valence-corrected chi connectivity index (χ0v) is 11.3. The normalized spacial score (nSPS) is 10.3. The summed E-state index contributed by atoms with van der Waals surface area (Å²) >= 11 is 4.48. The second-order valence-electron chi connectivity index (χ2n) is 3.12. The van der Waals surface area contributed by atoms with Gasteiger partial charge in [0.05, 0.1) is 4.47 Å². The Bertz CT molecular complexity index is 520. The molecule has 0 aliphatic carbocycles. The Morgan fingerprint density at radius 1 is 1.47 bits per heavy atom. The van der Waals surface area contributed by atoms with Crippen LogP contribution in [0.15, 0.2) is 22.7 Å². The van der Waals surface area contributed by atoms with E-state index in [4.69, 9.17) is 4.74 Å². The van der Waals surface area contributed by atoms with Gasteiger partial charge in [0.1, 0.15) is 18.2 Å². The van der Waals surface area contributed by atoms with Crippen LogP contribution in [0.25, 0.3) is 0 Å². The van der Waals surface area contributed by atoms with Crippen LogP contribution in [-0.2, 0) is 6.61 Å². The van der Waals surface area contributed by atoms with Crippen molar-refractivity contribution >= 4 is 32.4 Å². The van der Waals surface area contributed by atoms with Gasteiger partial charge in [-0.3, -0.25) is 0 Å². The van der Waals surface area contributed by atoms with Crippen molar-refractivity contribution in [2.75, 3.05) is 12.4 Å². The van der Waals surface area contributed by atoms with Gasteiger partial charge in [-0.2, -0.15) is 0 Å². The molecule has 1 heterocycles. The molecule has 90 valence electrons. The standard InChI is InChI=1S/C10H9BrFN3OS/c1-13-10-15-14-9(17-10)5-16-6-2-3-7(11)8(12)4-6/h2-4H,5H2,1H3,(H,13,15). The van der Waals surface area contributed by atoms with E-state index in [0.717, 1.165) is 10.1 Å². The first kappa shape index (κ1) is 12.3. The van der Waals surface area contributed by atoms with E-state index in [1.54, 1.807) is 19.2 Å². The number of nitrogens with zero attached hydrogens (tertiary/aromatic N) is 2. The highest BCUT2D eigenvalue weighted by molar-refractivity contribution is 9.10. The van der Waals surface area contributed by atoms with E-state index in [9.17, 15) is 4.39 Å². The van der Waals surface area contributed by atoms with E-state index >= 15 is 0 Å². The highest BCUT2D eigenvalue weighted by Gasteiger charge is 2.05. The second kappa shape index (κ2) is 5.42. The first-order chi connectivity index (χ1) is 8.19. The zero-order valence-electron chi connectivity index (χ0n) is 8.91. The maximum Gasteiger partial charge on any atom is 0.205 e. The summed E-state index contributed by atoms with van der Waals surface area (Å²) in [4.78, 5) is 0. The molecule has 0 radical (unpaired) electrons. The van der Waals surface area contributed by atoms with Gasteiger partial charge in [-0.25, -0.2) is 4.39 Å². The Labute approximate surface area is 110 Å². The molecule has 1 aromatic carbocycles. The van der Waals surface area contributed by atoms with Crippen molar-refractivity contribution in [1.82, 2.24) is 10.2 Å². The summed E-state index contributed by atoms with van der Waals surface area (Å²) in [6, 6.07) is 4.61. The number of benzene rings is 1. The number of nitrogens with one attached hydrogen (secondary N) is 1. The molecule has 0 bridgehead atoms. The monoisotopic (exact) mass is 317 g/mol. The van der Waals surface area contributed by atoms with E-state index in [-0.39, 0.29) is 12.4 Å². The van der Waals surface area contributed by atoms with Crippen molar-refractivity contribution < 1.29 is 9.13 Å². The number of aromatic nitrogens is 2. The van der Waals surface area contributed by atoms with Crippen LogP contribution in [0.1, 0.15) is 5.01 Å². The summed E-state index contributed by atoms with van der Waals surface area (Å²) in [6.07, 6.45) is 0. The first-order valence-corrected chi connectivity index (χ1v) is 6.38. The molecule has 0 spiro atoms. The minimum atomic E-state index is -0.351. The van der Waals surface area contributed by atoms with Gasteiger partial charge in [-0.05, 0) is 28.1 Å². The molecule has 4 nitrogen and oxygen atoms in total. The molecule has 2 aromatic rings. The third kappa shape index (κ3) is 3.13. The van der Waals surface area contributed by atoms with Crippen molar-refractivity contribution in [3.05, 3.63) is 33.5 Å². The minimum absolute atomic E-state index is 0.278. The highest BCUT2D eigenvalue weighted by Crippen LogP contribution is 2.22. The Balaban J connectivity index is 1.99. The molecule has 0 unspecified atom stereocenters. The zero-order chi connectivity index (χ0) is 12.3. The van der Waals surface area contributed by atoms with Crippen LogP contribution >= 0.6 is 27.3 Å². The van der Waals surface area contributed by atoms with E-state index in [2.05, 4.69) is 31.4 Å². The lowest BCUT2D eigenvalue weighted by molar-refractivity contribution is 0.303. The molecule has 0 saturated heterocycles. The van der Waals surface area contributed by atoms with Crippen molar-refractivity contribution in [2.24, 2.45) is 0 Å². The Hall–Kier alpha value is -1.21. The molecular formula is C10H9BrFN3OS. The number of hydrogen-bond donors (Lipinski definition) is 1. The Morgan fingerprint density at radius 2 is 2.29 bits per heavy atom. The van der Waals surface area contributed by atoms with Crippen LogP contribution in [-0.4, -0.2) is 17.2 Å². The fourth-order valence-electron chi connectivity index (χ4n) is 1.12. The van der Waals surface area contributed by atoms with E-state index in [1.807, 2.05) is 0 Å². The minimum Gasteiger partial charge on any atom is -0.486 e. The lowest BCUT2D eigenvalue weighted by atomic mass is 10.3. The molecule has 0 amide bonds. The van der Waals surface area contributed by atoms with E-state index in [1.165, 1.54) is 17.4 Å². The van der Waals surface area contributed by atoms with E-state index in [0.29, 0.717) is 10.2 Å². The van der Waals surface area contributed by atoms with Gasteiger partial charge in [0, 0.05) is 13.1 Å². The Morgan fingerprint density at radius 3 is 2.94 bits per heavy atom. The van der Waals surface area contributed by atoms with Crippen molar-refractivity contribution in [3.8, 4) is 5.75 Å². The predicted molar refractivity (Wildman–Crippen MR) is 67.9 cm³/mol. The molecule has 0 fully saturated rings. The predicted octanol–water partition coefficient (Wildman–Crippen LogP) is 3.06. The molecule has 2 rings (SSSR count).